The van der Waals surface area contributed by atoms with Gasteiger partial charge in [-0.15, -0.1) is 0 Å². The smallest absolute Gasteiger partial charge is 0.137 e. The van der Waals surface area contributed by atoms with E-state index in [4.69, 9.17) is 16.3 Å². The lowest BCUT2D eigenvalue weighted by Gasteiger charge is -2.15. The Morgan fingerprint density at radius 3 is 2.47 bits per heavy atom. The molecule has 2 nitrogen and oxygen atoms in total. The van der Waals surface area contributed by atoms with E-state index in [1.807, 2.05) is 19.9 Å². The van der Waals surface area contributed by atoms with Crippen LogP contribution in [0.25, 0.3) is 0 Å². The maximum atomic E-state index is 10.9. The molecule has 0 saturated carbocycles. The molecular formula is C12H15ClO2. The van der Waals surface area contributed by atoms with Gasteiger partial charge in [-0.25, -0.2) is 0 Å². The van der Waals surface area contributed by atoms with Crippen molar-refractivity contribution in [1.82, 2.24) is 0 Å². The summed E-state index contributed by atoms with van der Waals surface area (Å²) in [6.07, 6.45) is 0.961. The first-order valence-corrected chi connectivity index (χ1v) is 5.26. The number of carbonyl (C=O) groups is 1. The third kappa shape index (κ3) is 2.72. The van der Waals surface area contributed by atoms with Crippen LogP contribution in [0.3, 0.4) is 0 Å². The van der Waals surface area contributed by atoms with Crippen LogP contribution < -0.4 is 4.74 Å². The normalized spacial score (nSPS) is 12.6. The van der Waals surface area contributed by atoms with Crippen molar-refractivity contribution in [2.24, 2.45) is 5.92 Å². The summed E-state index contributed by atoms with van der Waals surface area (Å²) in [6.45, 7) is 4.02. The van der Waals surface area contributed by atoms with Gasteiger partial charge in [0.15, 0.2) is 0 Å². The van der Waals surface area contributed by atoms with E-state index in [1.54, 1.807) is 19.2 Å². The fourth-order valence-electron chi connectivity index (χ4n) is 1.51. The molecule has 0 aliphatic heterocycles. The van der Waals surface area contributed by atoms with Crippen molar-refractivity contribution >= 4 is 17.9 Å². The van der Waals surface area contributed by atoms with Gasteiger partial charge in [-0.1, -0.05) is 31.5 Å². The summed E-state index contributed by atoms with van der Waals surface area (Å²) in [7, 11) is 1.57. The minimum Gasteiger partial charge on any atom is -0.495 e. The fourth-order valence-corrected chi connectivity index (χ4v) is 1.78. The average molecular weight is 227 g/mol. The first-order valence-electron chi connectivity index (χ1n) is 4.89. The van der Waals surface area contributed by atoms with Crippen LogP contribution in [0.4, 0.5) is 0 Å². The molecule has 1 atom stereocenters. The van der Waals surface area contributed by atoms with Crippen LogP contribution >= 0.6 is 11.6 Å². The summed E-state index contributed by atoms with van der Waals surface area (Å²) in [6, 6.07) is 5.46. The zero-order valence-corrected chi connectivity index (χ0v) is 9.91. The van der Waals surface area contributed by atoms with E-state index in [0.717, 1.165) is 11.8 Å². The minimum absolute atomic E-state index is 0.103. The zero-order chi connectivity index (χ0) is 11.4. The number of benzene rings is 1. The zero-order valence-electron chi connectivity index (χ0n) is 9.16. The second-order valence-electron chi connectivity index (χ2n) is 3.80. The molecule has 15 heavy (non-hydrogen) atoms. The predicted molar refractivity (Wildman–Crippen MR) is 61.6 cm³/mol. The fraction of sp³-hybridized carbons (Fsp3) is 0.417. The molecule has 0 spiro atoms. The van der Waals surface area contributed by atoms with E-state index in [-0.39, 0.29) is 11.8 Å². The van der Waals surface area contributed by atoms with Gasteiger partial charge >= 0.3 is 0 Å². The van der Waals surface area contributed by atoms with Crippen LogP contribution in [0.15, 0.2) is 18.2 Å². The summed E-state index contributed by atoms with van der Waals surface area (Å²) < 4.78 is 5.05. The molecule has 3 heteroatoms. The highest BCUT2D eigenvalue weighted by atomic mass is 35.5. The van der Waals surface area contributed by atoms with Crippen molar-refractivity contribution in [2.45, 2.75) is 19.8 Å². The second kappa shape index (κ2) is 5.17. The molecule has 0 bridgehead atoms. The van der Waals surface area contributed by atoms with Crippen molar-refractivity contribution < 1.29 is 9.53 Å². The third-order valence-electron chi connectivity index (χ3n) is 2.43. The molecule has 0 fully saturated rings. The van der Waals surface area contributed by atoms with Crippen molar-refractivity contribution in [3.8, 4) is 5.75 Å². The van der Waals surface area contributed by atoms with Crippen LogP contribution in [0.5, 0.6) is 5.75 Å². The molecule has 1 aromatic carbocycles. The van der Waals surface area contributed by atoms with Crippen molar-refractivity contribution in [3.05, 3.63) is 28.8 Å². The second-order valence-corrected chi connectivity index (χ2v) is 4.21. The average Bonchev–Trinajstić information content (AvgIpc) is 2.18. The number of carbonyl (C=O) groups excluding carboxylic acids is 1. The highest BCUT2D eigenvalue weighted by molar-refractivity contribution is 6.32. The van der Waals surface area contributed by atoms with Gasteiger partial charge in [0.05, 0.1) is 12.1 Å². The van der Waals surface area contributed by atoms with Crippen molar-refractivity contribution in [2.75, 3.05) is 7.11 Å². The Bertz CT molecular complexity index is 347. The Morgan fingerprint density at radius 2 is 2.07 bits per heavy atom. The molecule has 1 unspecified atom stereocenters. The molecule has 0 aliphatic rings. The summed E-state index contributed by atoms with van der Waals surface area (Å²) in [5.41, 5.74) is 0.936. The van der Waals surface area contributed by atoms with E-state index in [1.165, 1.54) is 0 Å². The lowest BCUT2D eigenvalue weighted by Crippen LogP contribution is -2.07. The van der Waals surface area contributed by atoms with Crippen molar-refractivity contribution in [1.29, 1.82) is 0 Å². The molecular weight excluding hydrogens is 212 g/mol. The first kappa shape index (κ1) is 12.1. The number of ether oxygens (including phenoxy) is 1. The molecule has 0 aliphatic carbocycles. The molecule has 1 rings (SSSR count). The standard InChI is InChI=1S/C12H15ClO2/c1-8(2)10(7-14)9-4-5-12(15-3)11(13)6-9/h4-8,10H,1-3H3. The summed E-state index contributed by atoms with van der Waals surface area (Å²) >= 11 is 5.99. The molecule has 0 N–H and O–H groups in total. The van der Waals surface area contributed by atoms with Gasteiger partial charge in [-0.2, -0.15) is 0 Å². The molecule has 0 radical (unpaired) electrons. The molecule has 0 heterocycles. The number of rotatable bonds is 4. The molecule has 0 aromatic heterocycles. The lowest BCUT2D eigenvalue weighted by atomic mass is 9.90. The number of methoxy groups -OCH3 is 1. The summed E-state index contributed by atoms with van der Waals surface area (Å²) in [4.78, 5) is 10.9. The number of hydrogen-bond donors (Lipinski definition) is 0. The molecule has 1 aromatic rings. The first-order chi connectivity index (χ1) is 7.10. The molecule has 0 amide bonds. The van der Waals surface area contributed by atoms with E-state index in [9.17, 15) is 4.79 Å². The Hall–Kier alpha value is -1.02. The lowest BCUT2D eigenvalue weighted by molar-refractivity contribution is -0.109. The number of aldehydes is 1. The Labute approximate surface area is 95.2 Å². The maximum absolute atomic E-state index is 10.9. The minimum atomic E-state index is -0.103. The van der Waals surface area contributed by atoms with Gasteiger partial charge in [0.25, 0.3) is 0 Å². The van der Waals surface area contributed by atoms with Crippen LogP contribution in [-0.4, -0.2) is 13.4 Å². The van der Waals surface area contributed by atoms with E-state index in [2.05, 4.69) is 0 Å². The number of halogens is 1. The Morgan fingerprint density at radius 1 is 1.40 bits per heavy atom. The summed E-state index contributed by atoms with van der Waals surface area (Å²) in [5.74, 6) is 0.800. The van der Waals surface area contributed by atoms with Crippen LogP contribution in [0, 0.1) is 5.92 Å². The monoisotopic (exact) mass is 226 g/mol. The SMILES string of the molecule is COc1ccc(C(C=O)C(C)C)cc1Cl. The Kier molecular flexibility index (Phi) is 4.15. The van der Waals surface area contributed by atoms with Crippen LogP contribution in [0.2, 0.25) is 5.02 Å². The van der Waals surface area contributed by atoms with Gasteiger partial charge in [0.1, 0.15) is 12.0 Å². The van der Waals surface area contributed by atoms with E-state index < -0.39 is 0 Å². The van der Waals surface area contributed by atoms with Gasteiger partial charge in [-0.05, 0) is 23.6 Å². The topological polar surface area (TPSA) is 26.3 Å². The predicted octanol–water partition coefficient (Wildman–Crippen LogP) is 3.29. The largest absolute Gasteiger partial charge is 0.495 e. The van der Waals surface area contributed by atoms with E-state index >= 15 is 0 Å². The van der Waals surface area contributed by atoms with Gasteiger partial charge in [0, 0.05) is 5.92 Å². The Balaban J connectivity index is 3.05. The molecule has 82 valence electrons. The van der Waals surface area contributed by atoms with Gasteiger partial charge in [-0.3, -0.25) is 0 Å². The van der Waals surface area contributed by atoms with Crippen molar-refractivity contribution in [3.63, 3.8) is 0 Å². The molecule has 0 saturated heterocycles. The van der Waals surface area contributed by atoms with Crippen LogP contribution in [-0.2, 0) is 4.79 Å². The van der Waals surface area contributed by atoms with Gasteiger partial charge < -0.3 is 9.53 Å². The third-order valence-corrected chi connectivity index (χ3v) is 2.72. The highest BCUT2D eigenvalue weighted by Gasteiger charge is 2.15. The van der Waals surface area contributed by atoms with Crippen LogP contribution in [0.1, 0.15) is 25.3 Å². The maximum Gasteiger partial charge on any atom is 0.137 e. The quantitative estimate of drug-likeness (QED) is 0.737. The van der Waals surface area contributed by atoms with Gasteiger partial charge in [0.2, 0.25) is 0 Å². The number of hydrogen-bond acceptors (Lipinski definition) is 2. The summed E-state index contributed by atoms with van der Waals surface area (Å²) in [5, 5.41) is 0.544. The van der Waals surface area contributed by atoms with E-state index in [0.29, 0.717) is 10.8 Å². The highest BCUT2D eigenvalue weighted by Crippen LogP contribution is 2.30.